The van der Waals surface area contributed by atoms with Crippen LogP contribution in [0.2, 0.25) is 0 Å². The molecule has 1 saturated carbocycles. The van der Waals surface area contributed by atoms with E-state index in [-0.39, 0.29) is 11.8 Å². The van der Waals surface area contributed by atoms with Crippen LogP contribution < -0.4 is 10.6 Å². The summed E-state index contributed by atoms with van der Waals surface area (Å²) in [6.45, 7) is 7.51. The zero-order valence-electron chi connectivity index (χ0n) is 13.3. The molecule has 0 bridgehead atoms. The van der Waals surface area contributed by atoms with Gasteiger partial charge in [0.1, 0.15) is 5.82 Å². The lowest BCUT2D eigenvalue weighted by molar-refractivity contribution is 0.0948. The van der Waals surface area contributed by atoms with Crippen molar-refractivity contribution in [3.63, 3.8) is 0 Å². The predicted octanol–water partition coefficient (Wildman–Crippen LogP) is 2.95. The first kappa shape index (κ1) is 15.7. The highest BCUT2D eigenvalue weighted by molar-refractivity contribution is 5.97. The molecule has 0 saturated heterocycles. The van der Waals surface area contributed by atoms with Gasteiger partial charge in [-0.1, -0.05) is 26.7 Å². The lowest BCUT2D eigenvalue weighted by Gasteiger charge is -2.12. The minimum Gasteiger partial charge on any atom is -0.382 e. The molecule has 0 aliphatic heterocycles. The molecule has 1 amide bonds. The largest absolute Gasteiger partial charge is 0.382 e. The molecule has 0 atom stereocenters. The van der Waals surface area contributed by atoms with E-state index >= 15 is 0 Å². The molecule has 116 valence electrons. The van der Waals surface area contributed by atoms with Crippen molar-refractivity contribution in [2.24, 2.45) is 5.92 Å². The molecule has 1 aromatic heterocycles. The Morgan fingerprint density at radius 2 is 2.19 bits per heavy atom. The van der Waals surface area contributed by atoms with Crippen LogP contribution in [0.25, 0.3) is 0 Å². The Morgan fingerprint density at radius 1 is 1.43 bits per heavy atom. The Kier molecular flexibility index (Phi) is 5.53. The quantitative estimate of drug-likeness (QED) is 0.722. The summed E-state index contributed by atoms with van der Waals surface area (Å²) in [5.74, 6) is 1.72. The topological polar surface area (TPSA) is 66.9 Å². The van der Waals surface area contributed by atoms with Crippen LogP contribution in [0.15, 0.2) is 6.20 Å². The Balaban J connectivity index is 1.99. The normalized spacial score (nSPS) is 14.3. The number of nitrogens with one attached hydrogen (secondary N) is 2. The molecule has 2 N–H and O–H groups in total. The first-order chi connectivity index (χ1) is 10.1. The van der Waals surface area contributed by atoms with Crippen LogP contribution in [0, 0.1) is 5.92 Å². The zero-order chi connectivity index (χ0) is 15.2. The van der Waals surface area contributed by atoms with E-state index in [9.17, 15) is 4.79 Å². The average Bonchev–Trinajstić information content (AvgIpc) is 3.28. The van der Waals surface area contributed by atoms with Gasteiger partial charge in [0.25, 0.3) is 5.91 Å². The molecule has 2 rings (SSSR count). The molecule has 5 nitrogen and oxygen atoms in total. The maximum Gasteiger partial charge on any atom is 0.272 e. The third-order valence-electron chi connectivity index (χ3n) is 3.68. The minimum atomic E-state index is -0.106. The highest BCUT2D eigenvalue weighted by atomic mass is 16.1. The summed E-state index contributed by atoms with van der Waals surface area (Å²) in [6, 6.07) is 0. The number of rotatable bonds is 8. The van der Waals surface area contributed by atoms with E-state index in [0.29, 0.717) is 17.2 Å². The molecular formula is C16H26N4O. The van der Waals surface area contributed by atoms with E-state index < -0.39 is 0 Å². The SMILES string of the molecule is CCNc1cnc(C(C)C)nc1C(=O)NCCCC1CC1. The van der Waals surface area contributed by atoms with E-state index in [1.54, 1.807) is 6.20 Å². The first-order valence-corrected chi connectivity index (χ1v) is 8.00. The maximum atomic E-state index is 12.3. The number of carbonyl (C=O) groups is 1. The predicted molar refractivity (Wildman–Crippen MR) is 84.6 cm³/mol. The van der Waals surface area contributed by atoms with Crippen LogP contribution in [0.4, 0.5) is 5.69 Å². The molecule has 0 spiro atoms. The van der Waals surface area contributed by atoms with E-state index in [0.717, 1.165) is 25.4 Å². The van der Waals surface area contributed by atoms with Gasteiger partial charge in [-0.25, -0.2) is 9.97 Å². The van der Waals surface area contributed by atoms with Gasteiger partial charge in [0.2, 0.25) is 0 Å². The first-order valence-electron chi connectivity index (χ1n) is 8.00. The van der Waals surface area contributed by atoms with Crippen LogP contribution in [0.5, 0.6) is 0 Å². The summed E-state index contributed by atoms with van der Waals surface area (Å²) in [4.78, 5) is 21.1. The molecule has 1 fully saturated rings. The molecule has 0 unspecified atom stereocenters. The van der Waals surface area contributed by atoms with Crippen molar-refractivity contribution in [3.05, 3.63) is 17.7 Å². The summed E-state index contributed by atoms with van der Waals surface area (Å²) in [5, 5.41) is 6.13. The van der Waals surface area contributed by atoms with Gasteiger partial charge in [-0.15, -0.1) is 0 Å². The van der Waals surface area contributed by atoms with Crippen molar-refractivity contribution < 1.29 is 4.79 Å². The van der Waals surface area contributed by atoms with Gasteiger partial charge in [0.05, 0.1) is 11.9 Å². The van der Waals surface area contributed by atoms with Gasteiger partial charge in [-0.2, -0.15) is 0 Å². The Labute approximate surface area is 127 Å². The third kappa shape index (κ3) is 4.69. The molecule has 5 heteroatoms. The summed E-state index contributed by atoms with van der Waals surface area (Å²) in [7, 11) is 0. The molecule has 0 aromatic carbocycles. The Hall–Kier alpha value is -1.65. The van der Waals surface area contributed by atoms with E-state index in [2.05, 4.69) is 20.6 Å². The number of hydrogen-bond acceptors (Lipinski definition) is 4. The summed E-state index contributed by atoms with van der Waals surface area (Å²) < 4.78 is 0. The highest BCUT2D eigenvalue weighted by Gasteiger charge is 2.20. The van der Waals surface area contributed by atoms with Crippen LogP contribution >= 0.6 is 0 Å². The molecule has 1 heterocycles. The van der Waals surface area contributed by atoms with Crippen molar-refractivity contribution in [1.82, 2.24) is 15.3 Å². The second kappa shape index (κ2) is 7.38. The molecule has 1 aromatic rings. The number of hydrogen-bond donors (Lipinski definition) is 2. The second-order valence-corrected chi connectivity index (χ2v) is 6.02. The number of nitrogens with zero attached hydrogens (tertiary/aromatic N) is 2. The van der Waals surface area contributed by atoms with Gasteiger partial charge in [-0.3, -0.25) is 4.79 Å². The fourth-order valence-electron chi connectivity index (χ4n) is 2.25. The van der Waals surface area contributed by atoms with Gasteiger partial charge in [0, 0.05) is 19.0 Å². The number of carbonyl (C=O) groups excluding carboxylic acids is 1. The monoisotopic (exact) mass is 290 g/mol. The van der Waals surface area contributed by atoms with Crippen molar-refractivity contribution in [2.75, 3.05) is 18.4 Å². The lowest BCUT2D eigenvalue weighted by Crippen LogP contribution is -2.27. The highest BCUT2D eigenvalue weighted by Crippen LogP contribution is 2.33. The molecule has 0 radical (unpaired) electrons. The molecular weight excluding hydrogens is 264 g/mol. The summed E-state index contributed by atoms with van der Waals surface area (Å²) in [6.07, 6.45) is 6.71. The van der Waals surface area contributed by atoms with E-state index in [4.69, 9.17) is 0 Å². The molecule has 1 aliphatic carbocycles. The summed E-state index contributed by atoms with van der Waals surface area (Å²) in [5.41, 5.74) is 1.17. The maximum absolute atomic E-state index is 12.3. The van der Waals surface area contributed by atoms with Crippen LogP contribution in [0.3, 0.4) is 0 Å². The fourth-order valence-corrected chi connectivity index (χ4v) is 2.25. The number of anilines is 1. The smallest absolute Gasteiger partial charge is 0.272 e. The van der Waals surface area contributed by atoms with Crippen LogP contribution in [-0.2, 0) is 0 Å². The van der Waals surface area contributed by atoms with E-state index in [1.165, 1.54) is 19.3 Å². The van der Waals surface area contributed by atoms with Crippen molar-refractivity contribution in [2.45, 2.75) is 52.4 Å². The number of amides is 1. The molecule has 1 aliphatic rings. The van der Waals surface area contributed by atoms with Gasteiger partial charge >= 0.3 is 0 Å². The lowest BCUT2D eigenvalue weighted by atomic mass is 10.2. The van der Waals surface area contributed by atoms with Crippen molar-refractivity contribution in [1.29, 1.82) is 0 Å². The molecule has 21 heavy (non-hydrogen) atoms. The van der Waals surface area contributed by atoms with Crippen molar-refractivity contribution >= 4 is 11.6 Å². The van der Waals surface area contributed by atoms with Gasteiger partial charge in [-0.05, 0) is 25.7 Å². The van der Waals surface area contributed by atoms with Crippen molar-refractivity contribution in [3.8, 4) is 0 Å². The van der Waals surface area contributed by atoms with Crippen LogP contribution in [0.1, 0.15) is 68.7 Å². The minimum absolute atomic E-state index is 0.106. The standard InChI is InChI=1S/C16H26N4O/c1-4-17-13-10-19-15(11(2)3)20-14(13)16(21)18-9-5-6-12-7-8-12/h10-12,17H,4-9H2,1-3H3,(H,18,21). The second-order valence-electron chi connectivity index (χ2n) is 6.02. The Morgan fingerprint density at radius 3 is 2.81 bits per heavy atom. The number of aromatic nitrogens is 2. The third-order valence-corrected chi connectivity index (χ3v) is 3.68. The van der Waals surface area contributed by atoms with Gasteiger partial charge in [0.15, 0.2) is 5.69 Å². The average molecular weight is 290 g/mol. The zero-order valence-corrected chi connectivity index (χ0v) is 13.3. The van der Waals surface area contributed by atoms with E-state index in [1.807, 2.05) is 20.8 Å². The fraction of sp³-hybridized carbons (Fsp3) is 0.688. The summed E-state index contributed by atoms with van der Waals surface area (Å²) >= 11 is 0. The Bertz CT molecular complexity index is 483. The van der Waals surface area contributed by atoms with Gasteiger partial charge < -0.3 is 10.6 Å². The van der Waals surface area contributed by atoms with Crippen LogP contribution in [-0.4, -0.2) is 29.0 Å².